The maximum absolute atomic E-state index is 12.6. The van der Waals surface area contributed by atoms with Crippen LogP contribution in [0.1, 0.15) is 26.4 Å². The van der Waals surface area contributed by atoms with E-state index in [1.54, 1.807) is 49.6 Å². The second-order valence-corrected chi connectivity index (χ2v) is 6.03. The van der Waals surface area contributed by atoms with Gasteiger partial charge in [-0.05, 0) is 30.3 Å². The van der Waals surface area contributed by atoms with Crippen LogP contribution in [0.15, 0.2) is 48.5 Å². The van der Waals surface area contributed by atoms with Gasteiger partial charge < -0.3 is 19.9 Å². The van der Waals surface area contributed by atoms with E-state index in [0.29, 0.717) is 17.0 Å². The molecule has 0 saturated heterocycles. The molecule has 0 aliphatic heterocycles. The zero-order valence-corrected chi connectivity index (χ0v) is 16.3. The lowest BCUT2D eigenvalue weighted by atomic mass is 10.0. The lowest BCUT2D eigenvalue weighted by molar-refractivity contribution is 0.0549. The third-order valence-corrected chi connectivity index (χ3v) is 4.43. The van der Waals surface area contributed by atoms with E-state index in [2.05, 4.69) is 5.10 Å². The first kappa shape index (κ1) is 20.1. The molecule has 2 aromatic carbocycles. The van der Waals surface area contributed by atoms with Crippen LogP contribution in [0, 0.1) is 0 Å². The molecule has 2 N–H and O–H groups in total. The third kappa shape index (κ3) is 3.70. The monoisotopic (exact) mass is 395 g/mol. The number of aromatic nitrogens is 2. The van der Waals surface area contributed by atoms with Gasteiger partial charge in [-0.3, -0.25) is 0 Å². The molecule has 0 fully saturated rings. The molecule has 0 aliphatic carbocycles. The number of benzene rings is 2. The van der Waals surface area contributed by atoms with Crippen LogP contribution < -0.4 is 10.5 Å². The van der Waals surface area contributed by atoms with Gasteiger partial charge in [0, 0.05) is 17.7 Å². The second kappa shape index (κ2) is 8.57. The predicted molar refractivity (Wildman–Crippen MR) is 106 cm³/mol. The summed E-state index contributed by atoms with van der Waals surface area (Å²) in [5.41, 5.74) is 8.00. The van der Waals surface area contributed by atoms with Crippen LogP contribution in [0.25, 0.3) is 16.9 Å². The van der Waals surface area contributed by atoms with Gasteiger partial charge in [0.2, 0.25) is 0 Å². The summed E-state index contributed by atoms with van der Waals surface area (Å²) in [6.07, 6.45) is 0. The highest BCUT2D eigenvalue weighted by Gasteiger charge is 2.31. The molecular formula is C21H21N3O5. The molecule has 8 heteroatoms. The lowest BCUT2D eigenvalue weighted by Gasteiger charge is -2.09. The van der Waals surface area contributed by atoms with Crippen molar-refractivity contribution in [2.24, 2.45) is 5.73 Å². The number of hydrogen-bond donors (Lipinski definition) is 1. The van der Waals surface area contributed by atoms with Gasteiger partial charge in [-0.1, -0.05) is 18.2 Å². The van der Waals surface area contributed by atoms with Crippen molar-refractivity contribution >= 4 is 11.9 Å². The Morgan fingerprint density at radius 1 is 1.00 bits per heavy atom. The van der Waals surface area contributed by atoms with Gasteiger partial charge >= 0.3 is 11.9 Å². The Balaban J connectivity index is 2.33. The fraction of sp³-hybridized carbons (Fsp3) is 0.190. The Labute approximate surface area is 167 Å². The van der Waals surface area contributed by atoms with E-state index in [4.69, 9.17) is 19.9 Å². The first-order valence-corrected chi connectivity index (χ1v) is 8.78. The van der Waals surface area contributed by atoms with E-state index >= 15 is 0 Å². The fourth-order valence-corrected chi connectivity index (χ4v) is 3.04. The molecule has 0 spiro atoms. The SMILES string of the molecule is COC(=O)c1c(-c2ccc(OC)c(CN)c2)nn(-c2ccccc2)c1C(=O)OC. The molecule has 1 heterocycles. The highest BCUT2D eigenvalue weighted by molar-refractivity contribution is 6.06. The number of esters is 2. The molecular weight excluding hydrogens is 374 g/mol. The van der Waals surface area contributed by atoms with Crippen LogP contribution in [-0.2, 0) is 16.0 Å². The topological polar surface area (TPSA) is 106 Å². The molecule has 0 unspecified atom stereocenters. The summed E-state index contributed by atoms with van der Waals surface area (Å²) < 4.78 is 16.5. The highest BCUT2D eigenvalue weighted by Crippen LogP contribution is 2.32. The van der Waals surface area contributed by atoms with Gasteiger partial charge in [0.05, 0.1) is 27.0 Å². The molecule has 8 nitrogen and oxygen atoms in total. The Hall–Kier alpha value is -3.65. The van der Waals surface area contributed by atoms with Crippen molar-refractivity contribution in [1.82, 2.24) is 9.78 Å². The largest absolute Gasteiger partial charge is 0.496 e. The second-order valence-electron chi connectivity index (χ2n) is 6.03. The first-order valence-electron chi connectivity index (χ1n) is 8.78. The van der Waals surface area contributed by atoms with Gasteiger partial charge in [0.15, 0.2) is 5.69 Å². The van der Waals surface area contributed by atoms with E-state index < -0.39 is 11.9 Å². The van der Waals surface area contributed by atoms with Gasteiger partial charge in [0.1, 0.15) is 17.0 Å². The molecule has 0 bridgehead atoms. The summed E-state index contributed by atoms with van der Waals surface area (Å²) in [4.78, 5) is 25.2. The van der Waals surface area contributed by atoms with Crippen molar-refractivity contribution < 1.29 is 23.8 Å². The number of carbonyl (C=O) groups is 2. The average Bonchev–Trinajstić information content (AvgIpc) is 3.18. The number of carbonyl (C=O) groups excluding carboxylic acids is 2. The molecule has 29 heavy (non-hydrogen) atoms. The van der Waals surface area contributed by atoms with Crippen LogP contribution in [0.4, 0.5) is 0 Å². The number of rotatable bonds is 6. The zero-order valence-electron chi connectivity index (χ0n) is 16.3. The van der Waals surface area contributed by atoms with Crippen LogP contribution in [-0.4, -0.2) is 43.0 Å². The van der Waals surface area contributed by atoms with E-state index in [0.717, 1.165) is 5.56 Å². The molecule has 0 saturated carbocycles. The Morgan fingerprint density at radius 2 is 1.69 bits per heavy atom. The minimum atomic E-state index is -0.708. The molecule has 0 atom stereocenters. The standard InChI is InChI=1S/C21H21N3O5/c1-27-16-10-9-13(11-14(16)12-22)18-17(20(25)28-2)19(21(26)29-3)24(23-18)15-7-5-4-6-8-15/h4-11H,12,22H2,1-3H3. The van der Waals surface area contributed by atoms with Crippen LogP contribution in [0.3, 0.4) is 0 Å². The van der Waals surface area contributed by atoms with Crippen molar-refractivity contribution in [2.75, 3.05) is 21.3 Å². The summed E-state index contributed by atoms with van der Waals surface area (Å²) in [6, 6.07) is 14.2. The molecule has 0 aliphatic rings. The van der Waals surface area contributed by atoms with Gasteiger partial charge in [0.25, 0.3) is 0 Å². The summed E-state index contributed by atoms with van der Waals surface area (Å²) >= 11 is 0. The first-order chi connectivity index (χ1) is 14.0. The van der Waals surface area contributed by atoms with Crippen molar-refractivity contribution in [3.05, 3.63) is 65.4 Å². The maximum atomic E-state index is 12.6. The van der Waals surface area contributed by atoms with E-state index in [1.165, 1.54) is 18.9 Å². The smallest absolute Gasteiger partial charge is 0.357 e. The molecule has 3 aromatic rings. The number of nitrogens with two attached hydrogens (primary N) is 1. The lowest BCUT2D eigenvalue weighted by Crippen LogP contribution is -2.15. The fourth-order valence-electron chi connectivity index (χ4n) is 3.04. The minimum Gasteiger partial charge on any atom is -0.496 e. The van der Waals surface area contributed by atoms with Gasteiger partial charge in [-0.25, -0.2) is 14.3 Å². The number of nitrogens with zero attached hydrogens (tertiary/aromatic N) is 2. The quantitative estimate of drug-likeness (QED) is 0.640. The summed E-state index contributed by atoms with van der Waals surface area (Å²) in [7, 11) is 4.03. The predicted octanol–water partition coefficient (Wildman–Crippen LogP) is 2.58. The van der Waals surface area contributed by atoms with Gasteiger partial charge in [-0.2, -0.15) is 5.10 Å². The van der Waals surface area contributed by atoms with E-state index in [1.807, 2.05) is 6.07 Å². The van der Waals surface area contributed by atoms with E-state index in [9.17, 15) is 9.59 Å². The molecule has 1 aromatic heterocycles. The van der Waals surface area contributed by atoms with E-state index in [-0.39, 0.29) is 23.5 Å². The van der Waals surface area contributed by atoms with Crippen molar-refractivity contribution in [2.45, 2.75) is 6.54 Å². The van der Waals surface area contributed by atoms with Crippen LogP contribution in [0.2, 0.25) is 0 Å². The Morgan fingerprint density at radius 3 is 2.28 bits per heavy atom. The van der Waals surface area contributed by atoms with Crippen molar-refractivity contribution in [1.29, 1.82) is 0 Å². The van der Waals surface area contributed by atoms with Gasteiger partial charge in [-0.15, -0.1) is 0 Å². The number of para-hydroxylation sites is 1. The summed E-state index contributed by atoms with van der Waals surface area (Å²) in [5.74, 6) is -0.792. The maximum Gasteiger partial charge on any atom is 0.357 e. The van der Waals surface area contributed by atoms with Crippen molar-refractivity contribution in [3.63, 3.8) is 0 Å². The average molecular weight is 395 g/mol. The molecule has 0 radical (unpaired) electrons. The summed E-state index contributed by atoms with van der Waals surface area (Å²) in [6.45, 7) is 0.230. The van der Waals surface area contributed by atoms with Crippen LogP contribution >= 0.6 is 0 Å². The molecule has 3 rings (SSSR count). The number of ether oxygens (including phenoxy) is 3. The van der Waals surface area contributed by atoms with Crippen molar-refractivity contribution in [3.8, 4) is 22.7 Å². The Kier molecular flexibility index (Phi) is 5.94. The number of hydrogen-bond acceptors (Lipinski definition) is 7. The zero-order chi connectivity index (χ0) is 21.0. The third-order valence-electron chi connectivity index (χ3n) is 4.43. The highest BCUT2D eigenvalue weighted by atomic mass is 16.5. The molecule has 150 valence electrons. The molecule has 0 amide bonds. The summed E-state index contributed by atoms with van der Waals surface area (Å²) in [5, 5.41) is 4.55. The van der Waals surface area contributed by atoms with Crippen LogP contribution in [0.5, 0.6) is 5.75 Å². The minimum absolute atomic E-state index is 0.0105. The number of methoxy groups -OCH3 is 3. The Bertz CT molecular complexity index is 1040. The normalized spacial score (nSPS) is 10.5.